The van der Waals surface area contributed by atoms with Crippen molar-refractivity contribution in [2.75, 3.05) is 43.9 Å². The second kappa shape index (κ2) is 12.5. The van der Waals surface area contributed by atoms with Crippen LogP contribution in [0, 0.1) is 0 Å². The van der Waals surface area contributed by atoms with Gasteiger partial charge in [0.25, 0.3) is 0 Å². The summed E-state index contributed by atoms with van der Waals surface area (Å²) in [4.78, 5) is 6.98. The quantitative estimate of drug-likeness (QED) is 0.201. The topological polar surface area (TPSA) is 85.8 Å². The number of halogens is 1. The van der Waals surface area contributed by atoms with Gasteiger partial charge >= 0.3 is 0 Å². The van der Waals surface area contributed by atoms with Gasteiger partial charge < -0.3 is 15.5 Å². The van der Waals surface area contributed by atoms with Crippen LogP contribution in [0.4, 0.5) is 5.69 Å². The van der Waals surface area contributed by atoms with Gasteiger partial charge in [0.05, 0.1) is 12.3 Å². The Balaban J connectivity index is 0.00000392. The maximum atomic E-state index is 11.1. The number of sulfonamides is 1. The molecule has 0 saturated carbocycles. The second-order valence-corrected chi connectivity index (χ2v) is 8.77. The lowest BCUT2D eigenvalue weighted by Crippen LogP contribution is -2.39. The SMILES string of the molecule is CCNC(=NCCCNS(C)(=O)=O)NC(C)c1cccc(N2CCCC2)c1.I. The summed E-state index contributed by atoms with van der Waals surface area (Å²) in [6.07, 6.45) is 4.36. The minimum Gasteiger partial charge on any atom is -0.372 e. The molecular weight excluding hydrogens is 489 g/mol. The molecule has 1 saturated heterocycles. The van der Waals surface area contributed by atoms with Crippen molar-refractivity contribution >= 4 is 45.6 Å². The van der Waals surface area contributed by atoms with Crippen LogP contribution in [0.5, 0.6) is 0 Å². The second-order valence-electron chi connectivity index (χ2n) is 6.94. The predicted molar refractivity (Wildman–Crippen MR) is 128 cm³/mol. The molecule has 1 aliphatic heterocycles. The van der Waals surface area contributed by atoms with Gasteiger partial charge in [-0.1, -0.05) is 12.1 Å². The molecule has 0 radical (unpaired) electrons. The Labute approximate surface area is 186 Å². The molecule has 7 nitrogen and oxygen atoms in total. The van der Waals surface area contributed by atoms with Crippen molar-refractivity contribution in [3.05, 3.63) is 29.8 Å². The van der Waals surface area contributed by atoms with Gasteiger partial charge in [-0.05, 0) is 50.8 Å². The average Bonchev–Trinajstić information content (AvgIpc) is 3.15. The molecule has 3 N–H and O–H groups in total. The third-order valence-corrected chi connectivity index (χ3v) is 5.24. The molecule has 1 fully saturated rings. The summed E-state index contributed by atoms with van der Waals surface area (Å²) in [5.74, 6) is 0.746. The van der Waals surface area contributed by atoms with E-state index in [9.17, 15) is 8.42 Å². The first-order chi connectivity index (χ1) is 12.9. The first-order valence-electron chi connectivity index (χ1n) is 9.73. The maximum absolute atomic E-state index is 11.1. The highest BCUT2D eigenvalue weighted by atomic mass is 127. The summed E-state index contributed by atoms with van der Waals surface area (Å²) in [7, 11) is -3.14. The number of anilines is 1. The van der Waals surface area contributed by atoms with E-state index in [2.05, 4.69) is 56.4 Å². The van der Waals surface area contributed by atoms with E-state index in [1.807, 2.05) is 6.92 Å². The molecule has 1 aromatic rings. The Kier molecular flexibility index (Phi) is 11.1. The molecule has 0 bridgehead atoms. The molecular formula is C19H34IN5O2S. The zero-order valence-electron chi connectivity index (χ0n) is 17.1. The van der Waals surface area contributed by atoms with E-state index in [1.165, 1.54) is 30.3 Å². The van der Waals surface area contributed by atoms with Crippen LogP contribution in [0.3, 0.4) is 0 Å². The van der Waals surface area contributed by atoms with Crippen molar-refractivity contribution in [1.29, 1.82) is 0 Å². The minimum absolute atomic E-state index is 0. The van der Waals surface area contributed by atoms with E-state index in [0.29, 0.717) is 19.5 Å². The lowest BCUT2D eigenvalue weighted by atomic mass is 10.1. The summed E-state index contributed by atoms with van der Waals surface area (Å²) in [5.41, 5.74) is 2.51. The molecule has 0 aromatic heterocycles. The number of hydrogen-bond donors (Lipinski definition) is 3. The molecule has 1 heterocycles. The summed E-state index contributed by atoms with van der Waals surface area (Å²) >= 11 is 0. The van der Waals surface area contributed by atoms with Gasteiger partial charge in [0, 0.05) is 38.4 Å². The van der Waals surface area contributed by atoms with E-state index in [4.69, 9.17) is 0 Å². The van der Waals surface area contributed by atoms with E-state index in [-0.39, 0.29) is 30.0 Å². The van der Waals surface area contributed by atoms with Crippen LogP contribution in [-0.4, -0.2) is 53.4 Å². The number of nitrogens with one attached hydrogen (secondary N) is 3. The van der Waals surface area contributed by atoms with Gasteiger partial charge in [-0.3, -0.25) is 4.99 Å². The van der Waals surface area contributed by atoms with Crippen molar-refractivity contribution in [2.24, 2.45) is 4.99 Å². The smallest absolute Gasteiger partial charge is 0.208 e. The predicted octanol–water partition coefficient (Wildman–Crippen LogP) is 2.46. The molecule has 1 aliphatic rings. The molecule has 1 aromatic carbocycles. The Morgan fingerprint density at radius 3 is 2.64 bits per heavy atom. The maximum Gasteiger partial charge on any atom is 0.208 e. The Morgan fingerprint density at radius 1 is 1.29 bits per heavy atom. The third-order valence-electron chi connectivity index (χ3n) is 4.51. The van der Waals surface area contributed by atoms with Gasteiger partial charge in [-0.25, -0.2) is 13.1 Å². The first kappa shape index (κ1) is 25.0. The van der Waals surface area contributed by atoms with Gasteiger partial charge in [-0.15, -0.1) is 24.0 Å². The van der Waals surface area contributed by atoms with E-state index in [0.717, 1.165) is 25.6 Å². The number of benzene rings is 1. The number of hydrogen-bond acceptors (Lipinski definition) is 4. The molecule has 1 atom stereocenters. The van der Waals surface area contributed by atoms with Crippen LogP contribution in [0.2, 0.25) is 0 Å². The van der Waals surface area contributed by atoms with Crippen molar-refractivity contribution < 1.29 is 8.42 Å². The van der Waals surface area contributed by atoms with Crippen molar-refractivity contribution in [3.63, 3.8) is 0 Å². The fourth-order valence-corrected chi connectivity index (χ4v) is 3.62. The van der Waals surface area contributed by atoms with Crippen molar-refractivity contribution in [1.82, 2.24) is 15.4 Å². The van der Waals surface area contributed by atoms with Crippen LogP contribution >= 0.6 is 24.0 Å². The highest BCUT2D eigenvalue weighted by Crippen LogP contribution is 2.23. The van der Waals surface area contributed by atoms with E-state index < -0.39 is 10.0 Å². The average molecular weight is 523 g/mol. The third kappa shape index (κ3) is 8.95. The molecule has 28 heavy (non-hydrogen) atoms. The standard InChI is InChI=1S/C19H33N5O2S.HI/c1-4-20-19(21-11-8-12-22-27(3,25)26)23-16(2)17-9-7-10-18(15-17)24-13-5-6-14-24;/h7,9-10,15-16,22H,4-6,8,11-14H2,1-3H3,(H2,20,21,23);1H. The Morgan fingerprint density at radius 2 is 2.00 bits per heavy atom. The number of guanidine groups is 1. The summed E-state index contributed by atoms with van der Waals surface area (Å²) in [6, 6.07) is 8.80. The molecule has 2 rings (SSSR count). The Bertz CT molecular complexity index is 721. The lowest BCUT2D eigenvalue weighted by molar-refractivity contribution is 0.585. The largest absolute Gasteiger partial charge is 0.372 e. The summed E-state index contributed by atoms with van der Waals surface area (Å²) < 4.78 is 24.6. The molecule has 9 heteroatoms. The lowest BCUT2D eigenvalue weighted by Gasteiger charge is -2.22. The first-order valence-corrected chi connectivity index (χ1v) is 11.6. The van der Waals surface area contributed by atoms with Crippen LogP contribution < -0.4 is 20.3 Å². The minimum atomic E-state index is -3.14. The van der Waals surface area contributed by atoms with Crippen molar-refractivity contribution in [3.8, 4) is 0 Å². The van der Waals surface area contributed by atoms with Gasteiger partial charge in [0.15, 0.2) is 5.96 Å². The van der Waals surface area contributed by atoms with E-state index in [1.54, 1.807) is 0 Å². The van der Waals surface area contributed by atoms with E-state index >= 15 is 0 Å². The summed E-state index contributed by atoms with van der Waals surface area (Å²) in [5, 5.41) is 6.69. The van der Waals surface area contributed by atoms with Crippen LogP contribution in [0.25, 0.3) is 0 Å². The van der Waals surface area contributed by atoms with Gasteiger partial charge in [0.1, 0.15) is 0 Å². The summed E-state index contributed by atoms with van der Waals surface area (Å²) in [6.45, 7) is 8.15. The fraction of sp³-hybridized carbons (Fsp3) is 0.632. The van der Waals surface area contributed by atoms with Crippen LogP contribution in [0.15, 0.2) is 29.3 Å². The van der Waals surface area contributed by atoms with Crippen LogP contribution in [-0.2, 0) is 10.0 Å². The molecule has 0 aliphatic carbocycles. The number of aliphatic imine (C=N–C) groups is 1. The molecule has 0 spiro atoms. The monoisotopic (exact) mass is 523 g/mol. The number of rotatable bonds is 9. The molecule has 160 valence electrons. The van der Waals surface area contributed by atoms with Gasteiger partial charge in [-0.2, -0.15) is 0 Å². The number of nitrogens with zero attached hydrogens (tertiary/aromatic N) is 2. The highest BCUT2D eigenvalue weighted by Gasteiger charge is 2.14. The van der Waals surface area contributed by atoms with Gasteiger partial charge in [0.2, 0.25) is 10.0 Å². The molecule has 1 unspecified atom stereocenters. The zero-order chi connectivity index (χ0) is 19.7. The Hall–Kier alpha value is -1.07. The van der Waals surface area contributed by atoms with Crippen LogP contribution in [0.1, 0.15) is 44.7 Å². The fourth-order valence-electron chi connectivity index (χ4n) is 3.10. The highest BCUT2D eigenvalue weighted by molar-refractivity contribution is 14.0. The molecule has 0 amide bonds. The van der Waals surface area contributed by atoms with Crippen molar-refractivity contribution in [2.45, 2.75) is 39.2 Å². The zero-order valence-corrected chi connectivity index (χ0v) is 20.2. The normalized spacial score (nSPS) is 15.8.